The minimum atomic E-state index is -4.13. The predicted molar refractivity (Wildman–Crippen MR) is 160 cm³/mol. The molecule has 212 valence electrons. The van der Waals surface area contributed by atoms with Gasteiger partial charge in [0, 0.05) is 46.4 Å². The van der Waals surface area contributed by atoms with Crippen LogP contribution in [-0.2, 0) is 22.9 Å². The number of thiophene rings is 1. The summed E-state index contributed by atoms with van der Waals surface area (Å²) in [6.45, 7) is 0. The van der Waals surface area contributed by atoms with Crippen LogP contribution in [0.4, 0.5) is 10.7 Å². The van der Waals surface area contributed by atoms with Gasteiger partial charge in [-0.1, -0.05) is 43.5 Å². The Bertz CT molecular complexity index is 1780. The maximum absolute atomic E-state index is 13.6. The first-order chi connectivity index (χ1) is 19.8. The fourth-order valence-electron chi connectivity index (χ4n) is 5.86. The molecule has 2 heterocycles. The number of rotatable bonds is 7. The molecule has 11 heteroatoms. The van der Waals surface area contributed by atoms with Gasteiger partial charge in [-0.3, -0.25) is 14.9 Å². The van der Waals surface area contributed by atoms with E-state index in [4.69, 9.17) is 4.99 Å². The van der Waals surface area contributed by atoms with Gasteiger partial charge < -0.3 is 5.32 Å². The van der Waals surface area contributed by atoms with Crippen molar-refractivity contribution < 1.29 is 18.1 Å². The van der Waals surface area contributed by atoms with E-state index in [0.29, 0.717) is 27.0 Å². The molecule has 0 radical (unpaired) electrons. The summed E-state index contributed by atoms with van der Waals surface area (Å²) in [5.74, 6) is -0.0703. The molecule has 1 saturated carbocycles. The first kappa shape index (κ1) is 27.3. The Hall–Kier alpha value is -3.83. The zero-order chi connectivity index (χ0) is 28.6. The molecule has 1 fully saturated rings. The van der Waals surface area contributed by atoms with Gasteiger partial charge in [-0.25, -0.2) is 17.4 Å². The molecule has 0 saturated heterocycles. The third-order valence-corrected chi connectivity index (χ3v) is 10.8. The van der Waals surface area contributed by atoms with Gasteiger partial charge in [0.15, 0.2) is 0 Å². The minimum Gasteiger partial charge on any atom is -0.349 e. The number of aromatic nitrogens is 1. The number of fused-ring (bicyclic) bond motifs is 2. The molecule has 9 nitrogen and oxygen atoms in total. The van der Waals surface area contributed by atoms with Crippen LogP contribution in [0.3, 0.4) is 0 Å². The van der Waals surface area contributed by atoms with Gasteiger partial charge in [0.05, 0.1) is 20.9 Å². The van der Waals surface area contributed by atoms with Gasteiger partial charge in [-0.15, -0.1) is 11.3 Å². The van der Waals surface area contributed by atoms with Gasteiger partial charge >= 0.3 is 0 Å². The first-order valence-electron chi connectivity index (χ1n) is 13.9. The number of nitrogens with zero attached hydrogens (tertiary/aromatic N) is 3. The number of carbonyl (C=O) groups is 1. The van der Waals surface area contributed by atoms with Crippen molar-refractivity contribution in [3.8, 4) is 0 Å². The molecule has 4 aromatic rings. The lowest BCUT2D eigenvalue weighted by Crippen LogP contribution is -2.36. The highest BCUT2D eigenvalue weighted by Crippen LogP contribution is 2.40. The van der Waals surface area contributed by atoms with E-state index in [2.05, 4.69) is 5.32 Å². The number of amides is 1. The van der Waals surface area contributed by atoms with Crippen molar-refractivity contribution in [2.24, 2.45) is 4.99 Å². The summed E-state index contributed by atoms with van der Waals surface area (Å²) in [5.41, 5.74) is 2.45. The number of benzene rings is 2. The number of aryl methyl sites for hydroxylation is 1. The lowest BCUT2D eigenvalue weighted by molar-refractivity contribution is -0.385. The van der Waals surface area contributed by atoms with Crippen LogP contribution in [0, 0.1) is 10.1 Å². The zero-order valence-corrected chi connectivity index (χ0v) is 24.0. The third-order valence-electron chi connectivity index (χ3n) is 7.94. The molecule has 6 rings (SSSR count). The largest absolute Gasteiger partial charge is 0.349 e. The van der Waals surface area contributed by atoms with E-state index >= 15 is 0 Å². The normalized spacial score (nSPS) is 16.2. The van der Waals surface area contributed by atoms with Gasteiger partial charge in [0.25, 0.3) is 21.6 Å². The first-order valence-corrected chi connectivity index (χ1v) is 16.2. The quantitative estimate of drug-likeness (QED) is 0.149. The Labute approximate surface area is 242 Å². The molecule has 2 aliphatic rings. The summed E-state index contributed by atoms with van der Waals surface area (Å²) in [6.07, 6.45) is 12.5. The predicted octanol–water partition coefficient (Wildman–Crippen LogP) is 6.54. The van der Waals surface area contributed by atoms with E-state index in [0.717, 1.165) is 67.0 Å². The van der Waals surface area contributed by atoms with Crippen molar-refractivity contribution in [2.45, 2.75) is 68.7 Å². The maximum atomic E-state index is 13.6. The molecule has 2 aromatic heterocycles. The van der Waals surface area contributed by atoms with Crippen LogP contribution in [0.15, 0.2) is 64.6 Å². The van der Waals surface area contributed by atoms with E-state index in [-0.39, 0.29) is 22.5 Å². The molecule has 1 amide bonds. The van der Waals surface area contributed by atoms with Crippen LogP contribution in [0.5, 0.6) is 0 Å². The van der Waals surface area contributed by atoms with Crippen LogP contribution < -0.4 is 5.32 Å². The van der Waals surface area contributed by atoms with Gasteiger partial charge in [-0.2, -0.15) is 0 Å². The molecule has 0 atom stereocenters. The number of nitrogens with one attached hydrogen (secondary N) is 1. The monoisotopic (exact) mass is 590 g/mol. The van der Waals surface area contributed by atoms with Crippen LogP contribution in [0.2, 0.25) is 0 Å². The fourth-order valence-corrected chi connectivity index (χ4v) is 8.51. The number of non-ortho nitro benzene ring substituents is 1. The number of hydrogen-bond donors (Lipinski definition) is 1. The number of hydrogen-bond acceptors (Lipinski definition) is 7. The van der Waals surface area contributed by atoms with Crippen LogP contribution in [0.1, 0.15) is 71.3 Å². The maximum Gasteiger partial charge on any atom is 0.270 e. The van der Waals surface area contributed by atoms with Gasteiger partial charge in [0.1, 0.15) is 5.00 Å². The van der Waals surface area contributed by atoms with Gasteiger partial charge in [0.2, 0.25) is 0 Å². The minimum absolute atomic E-state index is 0.0703. The average molecular weight is 591 g/mol. The summed E-state index contributed by atoms with van der Waals surface area (Å²) in [5, 5.41) is 15.8. The second-order valence-electron chi connectivity index (χ2n) is 10.6. The second kappa shape index (κ2) is 11.2. The number of para-hydroxylation sites is 1. The Balaban J connectivity index is 1.39. The fraction of sp³-hybridized carbons (Fsp3) is 0.333. The highest BCUT2D eigenvalue weighted by molar-refractivity contribution is 7.90. The zero-order valence-electron chi connectivity index (χ0n) is 22.4. The molecule has 0 aliphatic heterocycles. The van der Waals surface area contributed by atoms with Crippen molar-refractivity contribution >= 4 is 55.1 Å². The topological polar surface area (TPSA) is 124 Å². The molecule has 2 aliphatic carbocycles. The molecular weight excluding hydrogens is 560 g/mol. The SMILES string of the molecule is O=C(NC1CCCCC1)c1c(N=Cc2cn(S(=O)(=O)c3cccc([N+](=O)[O-])c3)c3ccccc23)sc2c1CCCC2. The summed E-state index contributed by atoms with van der Waals surface area (Å²) in [6, 6.07) is 12.3. The Morgan fingerprint density at radius 3 is 2.63 bits per heavy atom. The molecule has 0 unspecified atom stereocenters. The lowest BCUT2D eigenvalue weighted by atomic mass is 9.93. The molecule has 0 spiro atoms. The molecule has 1 N–H and O–H groups in total. The summed E-state index contributed by atoms with van der Waals surface area (Å²) < 4.78 is 28.4. The number of carbonyl (C=O) groups excluding carboxylic acids is 1. The number of nitro groups is 1. The van der Waals surface area contributed by atoms with Crippen molar-refractivity contribution in [3.05, 3.63) is 86.4 Å². The Kier molecular flexibility index (Phi) is 7.48. The highest BCUT2D eigenvalue weighted by Gasteiger charge is 2.28. The van der Waals surface area contributed by atoms with E-state index < -0.39 is 14.9 Å². The van der Waals surface area contributed by atoms with E-state index in [9.17, 15) is 23.3 Å². The number of nitro benzene ring substituents is 1. The summed E-state index contributed by atoms with van der Waals surface area (Å²) in [4.78, 5) is 30.0. The molecular formula is C30H30N4O5S2. The second-order valence-corrected chi connectivity index (χ2v) is 13.5. The Morgan fingerprint density at radius 2 is 1.83 bits per heavy atom. The third kappa shape index (κ3) is 5.31. The average Bonchev–Trinajstić information content (AvgIpc) is 3.55. The van der Waals surface area contributed by atoms with Gasteiger partial charge in [-0.05, 0) is 56.2 Å². The van der Waals surface area contributed by atoms with Crippen LogP contribution >= 0.6 is 11.3 Å². The number of aliphatic imine (C=N–C) groups is 1. The highest BCUT2D eigenvalue weighted by atomic mass is 32.2. The lowest BCUT2D eigenvalue weighted by Gasteiger charge is -2.23. The summed E-state index contributed by atoms with van der Waals surface area (Å²) in [7, 11) is -4.13. The molecule has 2 aromatic carbocycles. The van der Waals surface area contributed by atoms with E-state index in [1.54, 1.807) is 29.7 Å². The van der Waals surface area contributed by atoms with Crippen molar-refractivity contribution in [3.63, 3.8) is 0 Å². The molecule has 41 heavy (non-hydrogen) atoms. The Morgan fingerprint density at radius 1 is 1.05 bits per heavy atom. The standard InChI is InChI=1S/C30H30N4O5S2/c35-29(32-21-9-2-1-3-10-21)28-25-14-5-7-16-27(25)40-30(28)31-18-20-19-33(26-15-6-4-13-24(20)26)41(38,39)23-12-8-11-22(17-23)34(36)37/h4,6,8,11-13,15,17-19,21H,1-3,5,7,9-10,14,16H2,(H,32,35). The van der Waals surface area contributed by atoms with Crippen molar-refractivity contribution in [1.29, 1.82) is 0 Å². The van der Waals surface area contributed by atoms with Crippen molar-refractivity contribution in [2.75, 3.05) is 0 Å². The smallest absolute Gasteiger partial charge is 0.270 e. The van der Waals surface area contributed by atoms with Crippen LogP contribution in [0.25, 0.3) is 10.9 Å². The van der Waals surface area contributed by atoms with E-state index in [1.165, 1.54) is 35.7 Å². The van der Waals surface area contributed by atoms with Crippen LogP contribution in [-0.4, -0.2) is 35.5 Å². The summed E-state index contributed by atoms with van der Waals surface area (Å²) >= 11 is 1.54. The van der Waals surface area contributed by atoms with E-state index in [1.807, 2.05) is 12.1 Å². The van der Waals surface area contributed by atoms with Crippen molar-refractivity contribution in [1.82, 2.24) is 9.29 Å². The molecule has 0 bridgehead atoms.